The lowest BCUT2D eigenvalue weighted by Crippen LogP contribution is -2.61. The number of benzene rings is 2. The maximum atomic E-state index is 13.7. The molecule has 2 aromatic rings. The lowest BCUT2D eigenvalue weighted by molar-refractivity contribution is -0.139. The van der Waals surface area contributed by atoms with Crippen molar-refractivity contribution in [1.82, 2.24) is 9.80 Å². The molecule has 0 spiro atoms. The molecule has 2 aliphatic carbocycles. The van der Waals surface area contributed by atoms with E-state index in [1.807, 2.05) is 12.1 Å². The zero-order valence-corrected chi connectivity index (χ0v) is 24.7. The van der Waals surface area contributed by atoms with Crippen LogP contribution in [0.5, 0.6) is 5.75 Å². The number of unbranched alkanes of at least 4 members (excludes halogenated alkanes) is 2. The minimum atomic E-state index is -0.462. The van der Waals surface area contributed by atoms with Gasteiger partial charge in [0.15, 0.2) is 0 Å². The highest BCUT2D eigenvalue weighted by Gasteiger charge is 2.53. The van der Waals surface area contributed by atoms with Crippen molar-refractivity contribution >= 4 is 5.91 Å². The molecule has 218 valence electrons. The fraction of sp³-hybridized carbons (Fsp3) is 0.629. The number of carbonyl (C=O) groups excluding carboxylic acids is 1. The average Bonchev–Trinajstić information content (AvgIpc) is 3.76. The molecule has 4 atom stereocenters. The van der Waals surface area contributed by atoms with Crippen LogP contribution in [0.25, 0.3) is 0 Å². The summed E-state index contributed by atoms with van der Waals surface area (Å²) in [6, 6.07) is 18.3. The van der Waals surface area contributed by atoms with Gasteiger partial charge in [-0.25, -0.2) is 0 Å². The molecule has 1 aliphatic heterocycles. The molecule has 0 bridgehead atoms. The molecule has 2 aromatic carbocycles. The third-order valence-electron chi connectivity index (χ3n) is 9.77. The number of carbonyl (C=O) groups is 1. The highest BCUT2D eigenvalue weighted by Crippen LogP contribution is 2.51. The van der Waals surface area contributed by atoms with Crippen LogP contribution in [0.2, 0.25) is 0 Å². The number of piperidine rings is 1. The van der Waals surface area contributed by atoms with Gasteiger partial charge in [-0.2, -0.15) is 0 Å². The number of hydrogen-bond acceptors (Lipinski definition) is 4. The fourth-order valence-corrected chi connectivity index (χ4v) is 7.56. The molecule has 5 nitrogen and oxygen atoms in total. The summed E-state index contributed by atoms with van der Waals surface area (Å²) in [5.41, 5.74) is 2.26. The lowest BCUT2D eigenvalue weighted by Gasteiger charge is -2.56. The van der Waals surface area contributed by atoms with Gasteiger partial charge in [0, 0.05) is 43.4 Å². The lowest BCUT2D eigenvalue weighted by atomic mass is 9.56. The Morgan fingerprint density at radius 2 is 1.88 bits per heavy atom. The first kappa shape index (κ1) is 29.1. The van der Waals surface area contributed by atoms with Crippen LogP contribution in [0.1, 0.15) is 82.8 Å². The number of aliphatic hydroxyl groups excluding tert-OH is 1. The van der Waals surface area contributed by atoms with Gasteiger partial charge in [-0.1, -0.05) is 62.7 Å². The first-order valence-electron chi connectivity index (χ1n) is 15.9. The number of phenolic OH excluding ortho intramolecular Hbond substituents is 1. The van der Waals surface area contributed by atoms with Gasteiger partial charge in [-0.05, 0) is 93.0 Å². The Hall–Kier alpha value is -2.37. The summed E-state index contributed by atoms with van der Waals surface area (Å²) in [7, 11) is 0. The van der Waals surface area contributed by atoms with Crippen molar-refractivity contribution in [2.24, 2.45) is 17.8 Å². The van der Waals surface area contributed by atoms with E-state index in [-0.39, 0.29) is 29.0 Å². The Kier molecular flexibility index (Phi) is 9.53. The largest absolute Gasteiger partial charge is 0.508 e. The molecular weight excluding hydrogens is 496 g/mol. The maximum Gasteiger partial charge on any atom is 0.222 e. The van der Waals surface area contributed by atoms with Crippen molar-refractivity contribution in [3.8, 4) is 5.75 Å². The first-order valence-corrected chi connectivity index (χ1v) is 15.9. The van der Waals surface area contributed by atoms with Crippen LogP contribution in [-0.2, 0) is 16.6 Å². The van der Waals surface area contributed by atoms with E-state index in [2.05, 4.69) is 60.0 Å². The van der Waals surface area contributed by atoms with Crippen molar-refractivity contribution < 1.29 is 15.0 Å². The smallest absolute Gasteiger partial charge is 0.222 e. The Balaban J connectivity index is 1.29. The van der Waals surface area contributed by atoms with Gasteiger partial charge in [0.05, 0.1) is 6.10 Å². The fourth-order valence-electron chi connectivity index (χ4n) is 7.56. The molecule has 1 saturated heterocycles. The highest BCUT2D eigenvalue weighted by atomic mass is 16.3. The molecule has 2 saturated carbocycles. The molecule has 5 heteroatoms. The summed E-state index contributed by atoms with van der Waals surface area (Å²) in [6.45, 7) is 8.16. The Bertz CT molecular complexity index is 1100. The predicted octanol–water partition coefficient (Wildman–Crippen LogP) is 6.17. The van der Waals surface area contributed by atoms with E-state index in [0.29, 0.717) is 18.8 Å². The highest BCUT2D eigenvalue weighted by molar-refractivity contribution is 5.76. The molecule has 3 fully saturated rings. The second kappa shape index (κ2) is 13.1. The standard InChI is InChI=1S/C35H50N2O3/c1-26(2)23-37(34(40)15-8-4-7-12-27-10-5-3-6-11-27)30-21-33(39)32-25-36(24-28-16-17-28)19-18-35(32,22-30)29-13-9-14-31(38)20-29/h3,5-6,9-11,13-14,20,26,28,30,32-33,38-39H,4,7-8,12,15-19,21-25H2,1-2H3. The van der Waals surface area contributed by atoms with Crippen molar-refractivity contribution in [1.29, 1.82) is 0 Å². The van der Waals surface area contributed by atoms with Gasteiger partial charge < -0.3 is 20.0 Å². The average molecular weight is 547 g/mol. The van der Waals surface area contributed by atoms with Crippen LogP contribution in [0.3, 0.4) is 0 Å². The zero-order valence-electron chi connectivity index (χ0n) is 24.7. The van der Waals surface area contributed by atoms with Gasteiger partial charge in [0.25, 0.3) is 0 Å². The van der Waals surface area contributed by atoms with Gasteiger partial charge in [-0.3, -0.25) is 4.79 Å². The number of phenols is 1. The van der Waals surface area contributed by atoms with Crippen molar-refractivity contribution in [3.63, 3.8) is 0 Å². The molecule has 5 rings (SSSR count). The van der Waals surface area contributed by atoms with Crippen LogP contribution >= 0.6 is 0 Å². The topological polar surface area (TPSA) is 64.0 Å². The molecule has 3 aliphatic rings. The number of aryl methyl sites for hydroxylation is 1. The number of aromatic hydroxyl groups is 1. The molecule has 1 heterocycles. The summed E-state index contributed by atoms with van der Waals surface area (Å²) < 4.78 is 0. The number of fused-ring (bicyclic) bond motifs is 1. The zero-order chi connectivity index (χ0) is 28.1. The molecule has 0 radical (unpaired) electrons. The monoisotopic (exact) mass is 546 g/mol. The van der Waals surface area contributed by atoms with E-state index in [1.54, 1.807) is 6.07 Å². The van der Waals surface area contributed by atoms with Gasteiger partial charge >= 0.3 is 0 Å². The van der Waals surface area contributed by atoms with Crippen LogP contribution < -0.4 is 0 Å². The van der Waals surface area contributed by atoms with Crippen LogP contribution in [0.4, 0.5) is 0 Å². The normalized spacial score (nSPS) is 26.9. The summed E-state index contributed by atoms with van der Waals surface area (Å²) in [5, 5.41) is 22.2. The van der Waals surface area contributed by atoms with Gasteiger partial charge in [0.1, 0.15) is 5.75 Å². The SMILES string of the molecule is CC(C)CN(C(=O)CCCCCc1ccccc1)C1CC(O)C2CN(CC3CC3)CCC2(c2cccc(O)c2)C1. The molecule has 40 heavy (non-hydrogen) atoms. The number of amides is 1. The Morgan fingerprint density at radius 1 is 1.07 bits per heavy atom. The number of nitrogens with zero attached hydrogens (tertiary/aromatic N) is 2. The third-order valence-corrected chi connectivity index (χ3v) is 9.77. The van der Waals surface area contributed by atoms with Crippen molar-refractivity contribution in [2.45, 2.75) is 95.6 Å². The number of likely N-dealkylation sites (tertiary alicyclic amines) is 1. The van der Waals surface area contributed by atoms with E-state index in [4.69, 9.17) is 0 Å². The summed E-state index contributed by atoms with van der Waals surface area (Å²) in [4.78, 5) is 18.4. The minimum Gasteiger partial charge on any atom is -0.508 e. The summed E-state index contributed by atoms with van der Waals surface area (Å²) in [5.74, 6) is 1.84. The van der Waals surface area contributed by atoms with Crippen LogP contribution in [-0.4, -0.2) is 64.2 Å². The minimum absolute atomic E-state index is 0.0165. The molecule has 0 aromatic heterocycles. The van der Waals surface area contributed by atoms with Gasteiger partial charge in [-0.15, -0.1) is 0 Å². The summed E-state index contributed by atoms with van der Waals surface area (Å²) >= 11 is 0. The van der Waals surface area contributed by atoms with Crippen molar-refractivity contribution in [2.75, 3.05) is 26.2 Å². The number of aliphatic hydroxyl groups is 1. The first-order chi connectivity index (χ1) is 19.3. The van der Waals surface area contributed by atoms with E-state index in [1.165, 1.54) is 18.4 Å². The van der Waals surface area contributed by atoms with Gasteiger partial charge in [0.2, 0.25) is 5.91 Å². The second-order valence-electron chi connectivity index (χ2n) is 13.4. The van der Waals surface area contributed by atoms with E-state index < -0.39 is 6.10 Å². The maximum absolute atomic E-state index is 13.7. The van der Waals surface area contributed by atoms with Crippen LogP contribution in [0.15, 0.2) is 54.6 Å². The number of hydrogen-bond donors (Lipinski definition) is 2. The Labute approximate surface area is 241 Å². The van der Waals surface area contributed by atoms with E-state index >= 15 is 0 Å². The summed E-state index contributed by atoms with van der Waals surface area (Å²) in [6.07, 6.45) is 9.38. The molecule has 1 amide bonds. The Morgan fingerprint density at radius 3 is 2.60 bits per heavy atom. The number of rotatable bonds is 12. The molecular formula is C35H50N2O3. The van der Waals surface area contributed by atoms with E-state index in [9.17, 15) is 15.0 Å². The van der Waals surface area contributed by atoms with Crippen molar-refractivity contribution in [3.05, 3.63) is 65.7 Å². The molecule has 4 unspecified atom stereocenters. The molecule has 2 N–H and O–H groups in total. The third kappa shape index (κ3) is 7.09. The van der Waals surface area contributed by atoms with Crippen LogP contribution in [0, 0.1) is 17.8 Å². The second-order valence-corrected chi connectivity index (χ2v) is 13.4. The quantitative estimate of drug-likeness (QED) is 0.313. The predicted molar refractivity (Wildman–Crippen MR) is 161 cm³/mol. The van der Waals surface area contributed by atoms with E-state index in [0.717, 1.165) is 76.2 Å².